The van der Waals surface area contributed by atoms with Crippen LogP contribution in [0.1, 0.15) is 40.7 Å². The van der Waals surface area contributed by atoms with Gasteiger partial charge in [-0.2, -0.15) is 8.42 Å². The molecule has 0 heterocycles. The van der Waals surface area contributed by atoms with E-state index in [-0.39, 0.29) is 53.4 Å². The number of sulfonamides is 1. The first-order chi connectivity index (χ1) is 22.2. The van der Waals surface area contributed by atoms with Crippen LogP contribution in [0.25, 0.3) is 0 Å². The van der Waals surface area contributed by atoms with Gasteiger partial charge in [0.15, 0.2) is 5.96 Å². The Morgan fingerprint density at radius 2 is 1.57 bits per heavy atom. The van der Waals surface area contributed by atoms with Gasteiger partial charge in [0.05, 0.1) is 10.9 Å². The fourth-order valence-electron chi connectivity index (χ4n) is 4.90. The van der Waals surface area contributed by atoms with E-state index in [9.17, 15) is 27.9 Å². The lowest BCUT2D eigenvalue weighted by molar-refractivity contribution is -0.134. The molecule has 3 rings (SSSR count). The Balaban J connectivity index is 1.96. The number of carbonyl (C=O) groups excluding carboxylic acids is 3. The van der Waals surface area contributed by atoms with Crippen molar-refractivity contribution in [2.75, 3.05) is 6.54 Å². The summed E-state index contributed by atoms with van der Waals surface area (Å²) in [6, 6.07) is 15.3. The minimum absolute atomic E-state index is 0.0355. The van der Waals surface area contributed by atoms with Crippen LogP contribution in [0.5, 0.6) is 5.75 Å². The number of hydrogen-bond donors (Lipinski definition) is 6. The van der Waals surface area contributed by atoms with Crippen LogP contribution in [-0.2, 0) is 37.4 Å². The van der Waals surface area contributed by atoms with E-state index >= 15 is 0 Å². The third-order valence-electron chi connectivity index (χ3n) is 7.00. The zero-order valence-electron chi connectivity index (χ0n) is 26.5. The number of aryl methyl sites for hydroxylation is 3. The summed E-state index contributed by atoms with van der Waals surface area (Å²) in [5.74, 6) is -2.08. The van der Waals surface area contributed by atoms with Crippen LogP contribution in [0, 0.1) is 20.8 Å². The number of amides is 3. The molecule has 0 spiro atoms. The average Bonchev–Trinajstić information content (AvgIpc) is 3.00. The first-order valence-electron chi connectivity index (χ1n) is 14.7. The summed E-state index contributed by atoms with van der Waals surface area (Å²) < 4.78 is 33.8. The van der Waals surface area contributed by atoms with Gasteiger partial charge in [-0.1, -0.05) is 60.2 Å². The van der Waals surface area contributed by atoms with Gasteiger partial charge >= 0.3 is 6.09 Å². The summed E-state index contributed by atoms with van der Waals surface area (Å²) >= 11 is 0. The van der Waals surface area contributed by atoms with Gasteiger partial charge in [-0.05, 0) is 74.4 Å². The minimum atomic E-state index is -4.76. The largest absolute Gasteiger partial charge is 0.508 e. The summed E-state index contributed by atoms with van der Waals surface area (Å²) in [5.41, 5.74) is 21.8. The van der Waals surface area contributed by atoms with Gasteiger partial charge in [0.2, 0.25) is 5.91 Å². The number of aromatic hydroxyl groups is 1. The van der Waals surface area contributed by atoms with Crippen molar-refractivity contribution in [3.05, 3.63) is 94.5 Å². The summed E-state index contributed by atoms with van der Waals surface area (Å²) in [6.07, 6.45) is -1.14. The molecule has 3 amide bonds. The Morgan fingerprint density at radius 3 is 2.17 bits per heavy atom. The van der Waals surface area contributed by atoms with Crippen LogP contribution < -0.4 is 27.9 Å². The van der Waals surface area contributed by atoms with E-state index in [1.165, 1.54) is 12.1 Å². The van der Waals surface area contributed by atoms with Gasteiger partial charge in [-0.25, -0.2) is 10.2 Å². The lowest BCUT2D eigenvalue weighted by Gasteiger charge is -2.29. The fourth-order valence-corrected chi connectivity index (χ4v) is 6.57. The van der Waals surface area contributed by atoms with Crippen molar-refractivity contribution in [2.45, 2.75) is 63.6 Å². The molecule has 0 aromatic heterocycles. The van der Waals surface area contributed by atoms with Crippen LogP contribution >= 0.6 is 0 Å². The summed E-state index contributed by atoms with van der Waals surface area (Å²) in [4.78, 5) is 44.1. The van der Waals surface area contributed by atoms with Gasteiger partial charge < -0.3 is 32.4 Å². The third-order valence-corrected chi connectivity index (χ3v) is 8.91. The van der Waals surface area contributed by atoms with Gasteiger partial charge in [0, 0.05) is 6.54 Å². The number of hydrazine groups is 1. The fraction of sp³-hybridized carbons (Fsp3) is 0.312. The predicted molar refractivity (Wildman–Crippen MR) is 176 cm³/mol. The summed E-state index contributed by atoms with van der Waals surface area (Å²) in [5, 5.41) is 12.1. The number of phenols is 1. The first-order valence-corrected chi connectivity index (χ1v) is 16.2. The highest BCUT2D eigenvalue weighted by molar-refractivity contribution is 7.89. The quantitative estimate of drug-likeness (QED) is 0.0669. The van der Waals surface area contributed by atoms with Crippen LogP contribution in [0.4, 0.5) is 4.79 Å². The van der Waals surface area contributed by atoms with Gasteiger partial charge in [-0.3, -0.25) is 14.6 Å². The number of hydrogen-bond acceptors (Lipinski definition) is 9. The lowest BCUT2D eigenvalue weighted by atomic mass is 10.0. The number of rotatable bonds is 13. The number of nitrogens with two attached hydrogens (primary N) is 3. The summed E-state index contributed by atoms with van der Waals surface area (Å²) in [6.45, 7) is 4.79. The molecule has 0 saturated heterocycles. The molecule has 0 fully saturated rings. The van der Waals surface area contributed by atoms with E-state index in [1.54, 1.807) is 75.4 Å². The number of carbonyl (C=O) groups is 3. The minimum Gasteiger partial charge on any atom is -0.508 e. The van der Waals surface area contributed by atoms with E-state index in [0.717, 1.165) is 5.56 Å². The molecule has 3 aromatic rings. The number of guanidine groups is 1. The van der Waals surface area contributed by atoms with Gasteiger partial charge in [0.1, 0.15) is 18.4 Å². The van der Waals surface area contributed by atoms with Crippen molar-refractivity contribution in [1.82, 2.24) is 15.2 Å². The highest BCUT2D eigenvalue weighted by Gasteiger charge is 2.38. The number of nitrogens with one attached hydrogen (secondary N) is 2. The Hall–Kier alpha value is -5.15. The molecular weight excluding hydrogens is 626 g/mol. The van der Waals surface area contributed by atoms with Gasteiger partial charge in [-0.15, -0.1) is 4.41 Å². The van der Waals surface area contributed by atoms with Crippen LogP contribution in [0.15, 0.2) is 76.6 Å². The maximum atomic E-state index is 14.2. The molecule has 9 N–H and O–H groups in total. The first kappa shape index (κ1) is 36.3. The number of nitrogens with zero attached hydrogens (tertiary/aromatic N) is 2. The number of benzene rings is 3. The second kappa shape index (κ2) is 16.4. The highest BCUT2D eigenvalue weighted by Crippen LogP contribution is 2.25. The van der Waals surface area contributed by atoms with Gasteiger partial charge in [0.25, 0.3) is 15.9 Å². The standard InChI is InChI=1S/C32H41N7O7S/c1-20-16-21(2)28(22(3)17-20)47(44,45)39(38-32(43)46-19-24-8-5-4-6-9-24)30(42)27(10-7-15-36-31(34)35)37-29(41)26(33)18-23-11-13-25(40)14-12-23/h4-6,8-9,11-14,16-17,26-27,40H,7,10,15,18-19,33H2,1-3H3,(H,37,41)(H,38,43)(H4,34,35,36)/t26-,27+/m0/s1. The Bertz CT molecular complexity index is 1670. The number of aliphatic imine (C=N–C) groups is 1. The summed E-state index contributed by atoms with van der Waals surface area (Å²) in [7, 11) is -4.76. The van der Waals surface area contributed by atoms with E-state index in [1.807, 2.05) is 0 Å². The average molecular weight is 668 g/mol. The van der Waals surface area contributed by atoms with Crippen molar-refractivity contribution < 1.29 is 32.6 Å². The molecule has 0 aliphatic heterocycles. The normalized spacial score (nSPS) is 12.3. The Labute approximate surface area is 274 Å². The molecule has 14 nitrogen and oxygen atoms in total. The zero-order chi connectivity index (χ0) is 34.7. The molecule has 0 aliphatic rings. The molecule has 15 heteroatoms. The van der Waals surface area contributed by atoms with E-state index < -0.39 is 40.0 Å². The van der Waals surface area contributed by atoms with Crippen LogP contribution in [0.2, 0.25) is 0 Å². The molecule has 0 unspecified atom stereocenters. The molecule has 2 atom stereocenters. The maximum absolute atomic E-state index is 14.2. The molecule has 0 bridgehead atoms. The molecule has 0 saturated carbocycles. The molecule has 252 valence electrons. The smallest absolute Gasteiger partial charge is 0.427 e. The molecule has 47 heavy (non-hydrogen) atoms. The Morgan fingerprint density at radius 1 is 0.957 bits per heavy atom. The maximum Gasteiger partial charge on any atom is 0.427 e. The van der Waals surface area contributed by atoms with E-state index in [4.69, 9.17) is 21.9 Å². The monoisotopic (exact) mass is 667 g/mol. The van der Waals surface area contributed by atoms with E-state index in [2.05, 4.69) is 15.7 Å². The molecule has 3 aromatic carbocycles. The topological polar surface area (TPSA) is 233 Å². The molecular formula is C32H41N7O7S. The van der Waals surface area contributed by atoms with Crippen molar-refractivity contribution in [3.63, 3.8) is 0 Å². The van der Waals surface area contributed by atoms with Crippen molar-refractivity contribution in [2.24, 2.45) is 22.2 Å². The highest BCUT2D eigenvalue weighted by atomic mass is 32.2. The van der Waals surface area contributed by atoms with Crippen LogP contribution in [0.3, 0.4) is 0 Å². The Kier molecular flexibility index (Phi) is 12.7. The lowest BCUT2D eigenvalue weighted by Crippen LogP contribution is -2.58. The molecule has 0 aliphatic carbocycles. The SMILES string of the molecule is Cc1cc(C)c(S(=O)(=O)N(NC(=O)OCc2ccccc2)C(=O)[C@@H](CCCN=C(N)N)NC(=O)[C@@H](N)Cc2ccc(O)cc2)c(C)c1. The number of phenolic OH excluding ortho intramolecular Hbond substituents is 1. The zero-order valence-corrected chi connectivity index (χ0v) is 27.3. The third kappa shape index (κ3) is 10.4. The second-order valence-corrected chi connectivity index (χ2v) is 12.7. The molecule has 0 radical (unpaired) electrons. The predicted octanol–water partition coefficient (Wildman–Crippen LogP) is 1.78. The number of ether oxygens (including phenoxy) is 1. The van der Waals surface area contributed by atoms with Crippen LogP contribution in [-0.4, -0.2) is 60.4 Å². The van der Waals surface area contributed by atoms with E-state index in [0.29, 0.717) is 22.3 Å². The van der Waals surface area contributed by atoms with Crippen molar-refractivity contribution >= 4 is 33.9 Å². The van der Waals surface area contributed by atoms with Crippen molar-refractivity contribution in [3.8, 4) is 5.75 Å². The second-order valence-electron chi connectivity index (χ2n) is 11.0. The van der Waals surface area contributed by atoms with Crippen molar-refractivity contribution in [1.29, 1.82) is 0 Å².